The van der Waals surface area contributed by atoms with E-state index in [-0.39, 0.29) is 22.9 Å². The minimum Gasteiger partial charge on any atom is -0.456 e. The van der Waals surface area contributed by atoms with Gasteiger partial charge in [0.2, 0.25) is 0 Å². The number of ether oxygens (including phenoxy) is 1. The molecule has 1 aliphatic rings. The average Bonchev–Trinajstić information content (AvgIpc) is 3.14. The van der Waals surface area contributed by atoms with Crippen LogP contribution < -0.4 is 0 Å². The Kier molecular flexibility index (Phi) is 5.33. The van der Waals surface area contributed by atoms with Gasteiger partial charge in [-0.05, 0) is 30.7 Å². The third-order valence-corrected chi connectivity index (χ3v) is 4.18. The summed E-state index contributed by atoms with van der Waals surface area (Å²) >= 11 is 0. The Labute approximate surface area is 155 Å². The van der Waals surface area contributed by atoms with Crippen molar-refractivity contribution < 1.29 is 18.9 Å². The van der Waals surface area contributed by atoms with Crippen molar-refractivity contribution in [2.75, 3.05) is 26.3 Å². The Morgan fingerprint density at radius 1 is 1.30 bits per heavy atom. The number of nitro groups is 1. The molecule has 1 aromatic carbocycles. The third kappa shape index (κ3) is 4.04. The predicted molar refractivity (Wildman–Crippen MR) is 96.5 cm³/mol. The Morgan fingerprint density at radius 3 is 2.70 bits per heavy atom. The fourth-order valence-electron chi connectivity index (χ4n) is 2.80. The summed E-state index contributed by atoms with van der Waals surface area (Å²) in [5.74, 6) is 0.183. The van der Waals surface area contributed by atoms with E-state index in [4.69, 9.17) is 9.15 Å². The summed E-state index contributed by atoms with van der Waals surface area (Å²) in [6, 6.07) is 9.88. The van der Waals surface area contributed by atoms with E-state index >= 15 is 0 Å². The second-order valence-electron chi connectivity index (χ2n) is 6.05. The highest BCUT2D eigenvalue weighted by Crippen LogP contribution is 2.32. The van der Waals surface area contributed by atoms with Crippen molar-refractivity contribution in [1.82, 2.24) is 4.90 Å². The summed E-state index contributed by atoms with van der Waals surface area (Å²) in [5.41, 5.74) is 0.976. The first-order valence-electron chi connectivity index (χ1n) is 8.33. The van der Waals surface area contributed by atoms with E-state index in [1.54, 1.807) is 36.1 Å². The van der Waals surface area contributed by atoms with Gasteiger partial charge >= 0.3 is 0 Å². The molecule has 0 N–H and O–H groups in total. The van der Waals surface area contributed by atoms with E-state index in [2.05, 4.69) is 0 Å². The van der Waals surface area contributed by atoms with E-state index in [9.17, 15) is 20.2 Å². The molecule has 0 spiro atoms. The van der Waals surface area contributed by atoms with Crippen molar-refractivity contribution in [2.24, 2.45) is 0 Å². The quantitative estimate of drug-likeness (QED) is 0.356. The van der Waals surface area contributed by atoms with Crippen molar-refractivity contribution in [2.45, 2.75) is 6.92 Å². The molecule has 2 aromatic rings. The Balaban J connectivity index is 1.89. The van der Waals surface area contributed by atoms with Gasteiger partial charge in [0, 0.05) is 25.2 Å². The minimum atomic E-state index is -0.469. The van der Waals surface area contributed by atoms with Crippen molar-refractivity contribution in [1.29, 1.82) is 5.26 Å². The van der Waals surface area contributed by atoms with Crippen molar-refractivity contribution >= 4 is 17.7 Å². The molecule has 1 aliphatic heterocycles. The van der Waals surface area contributed by atoms with E-state index < -0.39 is 4.92 Å². The number of furan rings is 1. The van der Waals surface area contributed by atoms with Crippen LogP contribution in [0.3, 0.4) is 0 Å². The van der Waals surface area contributed by atoms with Crippen molar-refractivity contribution in [3.63, 3.8) is 0 Å². The van der Waals surface area contributed by atoms with Crippen molar-refractivity contribution in [3.8, 4) is 17.4 Å². The molecule has 1 aromatic heterocycles. The molecule has 138 valence electrons. The number of morpholine rings is 1. The maximum Gasteiger partial charge on any atom is 0.280 e. The zero-order valence-corrected chi connectivity index (χ0v) is 14.7. The molecule has 0 bridgehead atoms. The first-order chi connectivity index (χ1) is 13.0. The van der Waals surface area contributed by atoms with E-state index in [0.717, 1.165) is 5.56 Å². The lowest BCUT2D eigenvalue weighted by molar-refractivity contribution is -0.384. The molecule has 1 fully saturated rings. The van der Waals surface area contributed by atoms with Crippen LogP contribution >= 0.6 is 0 Å². The lowest BCUT2D eigenvalue weighted by Crippen LogP contribution is -2.41. The molecule has 3 rings (SSSR count). The normalized spacial score (nSPS) is 14.7. The van der Waals surface area contributed by atoms with E-state index in [0.29, 0.717) is 37.6 Å². The fraction of sp³-hybridized carbons (Fsp3) is 0.263. The number of hydrogen-bond acceptors (Lipinski definition) is 6. The van der Waals surface area contributed by atoms with Gasteiger partial charge in [0.25, 0.3) is 11.6 Å². The number of hydrogen-bond donors (Lipinski definition) is 0. The summed E-state index contributed by atoms with van der Waals surface area (Å²) in [6.07, 6.45) is 1.35. The van der Waals surface area contributed by atoms with Crippen LogP contribution in [0.4, 0.5) is 5.69 Å². The number of nitriles is 1. The largest absolute Gasteiger partial charge is 0.456 e. The number of carbonyl (C=O) groups excluding carboxylic acids is 1. The summed E-state index contributed by atoms with van der Waals surface area (Å²) in [6.45, 7) is 3.50. The predicted octanol–water partition coefficient (Wildman–Crippen LogP) is 2.93. The lowest BCUT2D eigenvalue weighted by atomic mass is 10.1. The number of rotatable bonds is 4. The number of benzene rings is 1. The molecule has 1 amide bonds. The highest BCUT2D eigenvalue weighted by atomic mass is 16.6. The van der Waals surface area contributed by atoms with E-state index in [1.165, 1.54) is 12.1 Å². The van der Waals surface area contributed by atoms with Crippen LogP contribution in [0.1, 0.15) is 11.3 Å². The molecule has 2 heterocycles. The van der Waals surface area contributed by atoms with Crippen LogP contribution in [0.15, 0.2) is 40.3 Å². The van der Waals surface area contributed by atoms with Gasteiger partial charge in [0.05, 0.1) is 23.7 Å². The van der Waals surface area contributed by atoms with Crippen LogP contribution in [0, 0.1) is 28.4 Å². The maximum atomic E-state index is 12.4. The number of nitrogens with zero attached hydrogens (tertiary/aromatic N) is 3. The smallest absolute Gasteiger partial charge is 0.280 e. The second kappa shape index (κ2) is 7.85. The topological polar surface area (TPSA) is 110 Å². The molecule has 8 nitrogen and oxygen atoms in total. The highest BCUT2D eigenvalue weighted by Gasteiger charge is 2.22. The SMILES string of the molecule is Cc1ccc(-c2ccc(/C=C(\C#N)C(=O)N3CCOCC3)o2)c([N+](=O)[O-])c1. The van der Waals surface area contributed by atoms with Gasteiger partial charge in [-0.2, -0.15) is 5.26 Å². The Morgan fingerprint density at radius 2 is 2.04 bits per heavy atom. The van der Waals surface area contributed by atoms with Gasteiger partial charge in [-0.1, -0.05) is 6.07 Å². The Hall–Kier alpha value is -3.44. The molecule has 0 unspecified atom stereocenters. The summed E-state index contributed by atoms with van der Waals surface area (Å²) in [7, 11) is 0. The molecule has 0 atom stereocenters. The summed E-state index contributed by atoms with van der Waals surface area (Å²) in [4.78, 5) is 24.8. The van der Waals surface area contributed by atoms with Crippen LogP contribution in [0.2, 0.25) is 0 Å². The molecular weight excluding hydrogens is 350 g/mol. The monoisotopic (exact) mass is 367 g/mol. The fourth-order valence-corrected chi connectivity index (χ4v) is 2.80. The van der Waals surface area contributed by atoms with Crippen LogP contribution in [-0.4, -0.2) is 42.0 Å². The number of carbonyl (C=O) groups is 1. The number of amides is 1. The average molecular weight is 367 g/mol. The summed E-state index contributed by atoms with van der Waals surface area (Å²) in [5, 5.41) is 20.6. The van der Waals surface area contributed by atoms with Gasteiger partial charge in [0.15, 0.2) is 0 Å². The minimum absolute atomic E-state index is 0.0591. The first kappa shape index (κ1) is 18.4. The summed E-state index contributed by atoms with van der Waals surface area (Å²) < 4.78 is 10.8. The molecular formula is C19H17N3O5. The van der Waals surface area contributed by atoms with Gasteiger partial charge in [-0.3, -0.25) is 14.9 Å². The first-order valence-corrected chi connectivity index (χ1v) is 8.33. The third-order valence-electron chi connectivity index (χ3n) is 4.18. The van der Waals surface area contributed by atoms with Crippen LogP contribution in [0.25, 0.3) is 17.4 Å². The maximum absolute atomic E-state index is 12.4. The molecule has 27 heavy (non-hydrogen) atoms. The van der Waals surface area contributed by atoms with Crippen LogP contribution in [0.5, 0.6) is 0 Å². The standard InChI is InChI=1S/C19H17N3O5/c1-13-2-4-16(17(10-13)22(24)25)18-5-3-15(27-18)11-14(12-20)19(23)21-6-8-26-9-7-21/h2-5,10-11H,6-9H2,1H3/b14-11+. The van der Waals surface area contributed by atoms with Gasteiger partial charge < -0.3 is 14.1 Å². The van der Waals surface area contributed by atoms with E-state index in [1.807, 2.05) is 6.07 Å². The second-order valence-corrected chi connectivity index (χ2v) is 6.05. The molecule has 1 saturated heterocycles. The number of nitro benzene ring substituents is 1. The molecule has 8 heteroatoms. The zero-order valence-electron chi connectivity index (χ0n) is 14.7. The van der Waals surface area contributed by atoms with Crippen molar-refractivity contribution in [3.05, 3.63) is 57.3 Å². The molecule has 0 aliphatic carbocycles. The van der Waals surface area contributed by atoms with Crippen LogP contribution in [-0.2, 0) is 9.53 Å². The van der Waals surface area contributed by atoms with Gasteiger partial charge in [0.1, 0.15) is 23.2 Å². The lowest BCUT2D eigenvalue weighted by Gasteiger charge is -2.26. The highest BCUT2D eigenvalue weighted by molar-refractivity contribution is 6.01. The van der Waals surface area contributed by atoms with Gasteiger partial charge in [-0.15, -0.1) is 0 Å². The molecule has 0 radical (unpaired) electrons. The van der Waals surface area contributed by atoms with Gasteiger partial charge in [-0.25, -0.2) is 0 Å². The Bertz CT molecular complexity index is 948. The molecule has 0 saturated carbocycles. The zero-order chi connectivity index (χ0) is 19.4. The number of aryl methyl sites for hydroxylation is 1.